The molecule has 2 heterocycles. The van der Waals surface area contributed by atoms with E-state index in [1.54, 1.807) is 26.1 Å². The average Bonchev–Trinajstić information content (AvgIpc) is 2.93. The van der Waals surface area contributed by atoms with E-state index < -0.39 is 10.0 Å². The normalized spacial score (nSPS) is 14.4. The summed E-state index contributed by atoms with van der Waals surface area (Å²) in [5.41, 5.74) is 1.72. The second-order valence-electron chi connectivity index (χ2n) is 5.17. The number of aliphatic hydroxyl groups is 1. The van der Waals surface area contributed by atoms with Gasteiger partial charge < -0.3 is 12.5 Å². The Bertz CT molecular complexity index is 889. The molecule has 0 atom stereocenters. The topological polar surface area (TPSA) is 75.4 Å². The van der Waals surface area contributed by atoms with Crippen LogP contribution in [0.5, 0.6) is 0 Å². The number of anilines is 1. The largest absolute Gasteiger partial charge is 0.506 e. The molecule has 1 aromatic heterocycles. The molecule has 3 rings (SSSR count). The second-order valence-corrected chi connectivity index (χ2v) is 6.97. The van der Waals surface area contributed by atoms with Gasteiger partial charge in [-0.2, -0.15) is 5.10 Å². The molecule has 6 nitrogen and oxygen atoms in total. The van der Waals surface area contributed by atoms with E-state index in [0.717, 1.165) is 5.56 Å². The number of aliphatic hydroxyl groups excluding tert-OH is 1. The monoisotopic (exact) mass is 453 g/mol. The van der Waals surface area contributed by atoms with Crippen LogP contribution in [0.4, 0.5) is 5.82 Å². The van der Waals surface area contributed by atoms with Crippen LogP contribution in [-0.4, -0.2) is 29.8 Å². The molecular weight excluding hydrogens is 427 g/mol. The summed E-state index contributed by atoms with van der Waals surface area (Å²) in [6.07, 6.45) is 1.49. The molecule has 0 saturated heterocycles. The fourth-order valence-corrected chi connectivity index (χ4v) is 4.64. The third kappa shape index (κ3) is 3.90. The van der Waals surface area contributed by atoms with Gasteiger partial charge in [0.2, 0.25) is 0 Å². The van der Waals surface area contributed by atoms with Gasteiger partial charge in [0.15, 0.2) is 5.82 Å². The van der Waals surface area contributed by atoms with Gasteiger partial charge in [-0.25, -0.2) is 12.7 Å². The Balaban J connectivity index is 0.00000151. The summed E-state index contributed by atoms with van der Waals surface area (Å²) < 4.78 is 28.7. The first-order chi connectivity index (χ1) is 11.4. The molecule has 1 radical (unpaired) electrons. The first-order valence-electron chi connectivity index (χ1n) is 7.94. The zero-order valence-electron chi connectivity index (χ0n) is 16.2. The van der Waals surface area contributed by atoms with Crippen molar-refractivity contribution in [2.24, 2.45) is 7.05 Å². The average molecular weight is 453 g/mol. The van der Waals surface area contributed by atoms with Gasteiger partial charge in [-0.15, -0.1) is 0 Å². The van der Waals surface area contributed by atoms with Crippen molar-refractivity contribution in [3.63, 3.8) is 0 Å². The van der Waals surface area contributed by atoms with Crippen molar-refractivity contribution >= 4 is 26.5 Å². The first-order valence-corrected chi connectivity index (χ1v) is 9.38. The van der Waals surface area contributed by atoms with Crippen LogP contribution in [0, 0.1) is 14.4 Å². The Morgan fingerprint density at radius 1 is 1.15 bits per heavy atom. The maximum Gasteiger partial charge on any atom is 0.269 e. The molecule has 1 aliphatic rings. The third-order valence-electron chi connectivity index (χ3n) is 3.84. The van der Waals surface area contributed by atoms with Crippen LogP contribution in [0.25, 0.3) is 10.7 Å². The molecule has 0 saturated carbocycles. The summed E-state index contributed by atoms with van der Waals surface area (Å²) >= 11 is 0. The Kier molecular flexibility index (Phi) is 9.23. The van der Waals surface area contributed by atoms with Gasteiger partial charge in [-0.1, -0.05) is 38.1 Å². The molecule has 1 aliphatic heterocycles. The quantitative estimate of drug-likeness (QED) is 0.703. The van der Waals surface area contributed by atoms with E-state index >= 15 is 0 Å². The van der Waals surface area contributed by atoms with E-state index in [0.29, 0.717) is 16.9 Å². The third-order valence-corrected chi connectivity index (χ3v) is 5.78. The summed E-state index contributed by atoms with van der Waals surface area (Å²) in [6.45, 7) is 7.84. The molecule has 1 aromatic carbocycles. The van der Waals surface area contributed by atoms with Crippen LogP contribution in [0.15, 0.2) is 30.5 Å². The minimum atomic E-state index is -3.84. The Morgan fingerprint density at radius 2 is 1.73 bits per heavy atom. The van der Waals surface area contributed by atoms with Gasteiger partial charge in [0.25, 0.3) is 10.0 Å². The first kappa shape index (κ1) is 24.8. The zero-order chi connectivity index (χ0) is 18.1. The van der Waals surface area contributed by atoms with Gasteiger partial charge in [-0.05, 0) is 19.4 Å². The Labute approximate surface area is 181 Å². The van der Waals surface area contributed by atoms with Crippen LogP contribution < -0.4 is 4.31 Å². The zero-order valence-corrected chi connectivity index (χ0v) is 19.8. The van der Waals surface area contributed by atoms with E-state index in [4.69, 9.17) is 0 Å². The number of nitrogens with zero attached hydrogens (tertiary/aromatic N) is 3. The van der Waals surface area contributed by atoms with Crippen molar-refractivity contribution in [2.75, 3.05) is 10.8 Å². The Morgan fingerprint density at radius 3 is 2.27 bits per heavy atom. The van der Waals surface area contributed by atoms with E-state index in [1.165, 1.54) is 15.2 Å². The minimum absolute atomic E-state index is 0. The summed E-state index contributed by atoms with van der Waals surface area (Å²) in [7, 11) is -2.19. The molecule has 0 bridgehead atoms. The van der Waals surface area contributed by atoms with Crippen molar-refractivity contribution in [1.82, 2.24) is 9.78 Å². The van der Waals surface area contributed by atoms with Gasteiger partial charge in [0, 0.05) is 51.9 Å². The standard InChI is InChI=1S/C15H17N3O3S.C2H6.CH3.Y/c1-4-18-15-12(9-16-17(15)3)13(19)14(22(18,20)21)11-8-6-5-7-10(11)2;1-2;;/h5-9,19H,4H2,1-3H3;1-2H3;1H3;/q;;-1;. The molecule has 1 N–H and O–H groups in total. The SMILES string of the molecule is CC.CCN1c2c(cnn2C)C(O)=C(c2ccccc2C)S1(=O)=O.[CH3-].[Y]. The van der Waals surface area contributed by atoms with Gasteiger partial charge in [0.05, 0.1) is 11.8 Å². The summed E-state index contributed by atoms with van der Waals surface area (Å²) in [6, 6.07) is 7.11. The molecule has 0 aliphatic carbocycles. The predicted molar refractivity (Wildman–Crippen MR) is 104 cm³/mol. The predicted octanol–water partition coefficient (Wildman–Crippen LogP) is 3.76. The van der Waals surface area contributed by atoms with Gasteiger partial charge in [-0.3, -0.25) is 4.68 Å². The van der Waals surface area contributed by atoms with Crippen LogP contribution in [0.1, 0.15) is 37.5 Å². The van der Waals surface area contributed by atoms with Crippen LogP contribution in [0.3, 0.4) is 0 Å². The van der Waals surface area contributed by atoms with Crippen LogP contribution in [-0.2, 0) is 49.8 Å². The van der Waals surface area contributed by atoms with Crippen LogP contribution >= 0.6 is 0 Å². The fourth-order valence-electron chi connectivity index (χ4n) is 2.78. The summed E-state index contributed by atoms with van der Waals surface area (Å²) in [4.78, 5) is -0.0621. The summed E-state index contributed by atoms with van der Waals surface area (Å²) in [5.74, 6) is 0.138. The molecule has 0 unspecified atom stereocenters. The smallest absolute Gasteiger partial charge is 0.269 e. The maximum absolute atomic E-state index is 13.0. The number of fused-ring (bicyclic) bond motifs is 1. The van der Waals surface area contributed by atoms with Crippen molar-refractivity contribution in [2.45, 2.75) is 27.7 Å². The van der Waals surface area contributed by atoms with E-state index in [2.05, 4.69) is 5.10 Å². The number of aryl methyl sites for hydroxylation is 2. The molecule has 0 spiro atoms. The molecule has 141 valence electrons. The van der Waals surface area contributed by atoms with E-state index in [9.17, 15) is 13.5 Å². The number of hydrogen-bond acceptors (Lipinski definition) is 4. The van der Waals surface area contributed by atoms with Crippen molar-refractivity contribution in [3.8, 4) is 0 Å². The molecule has 0 fully saturated rings. The van der Waals surface area contributed by atoms with E-state index in [1.807, 2.05) is 32.9 Å². The fraction of sp³-hybridized carbons (Fsp3) is 0.333. The number of hydrogen-bond donors (Lipinski definition) is 1. The second kappa shape index (κ2) is 9.67. The number of benzene rings is 1. The minimum Gasteiger partial charge on any atom is -0.506 e. The molecule has 2 aromatic rings. The molecule has 0 amide bonds. The van der Waals surface area contributed by atoms with Crippen molar-refractivity contribution in [1.29, 1.82) is 0 Å². The van der Waals surface area contributed by atoms with Crippen molar-refractivity contribution in [3.05, 3.63) is 54.6 Å². The maximum atomic E-state index is 13.0. The Hall–Kier alpha value is -1.18. The molecule has 8 heteroatoms. The molecular formula is C18H26N3O3SY-. The number of aromatic nitrogens is 2. The summed E-state index contributed by atoms with van der Waals surface area (Å²) in [5, 5.41) is 14.7. The van der Waals surface area contributed by atoms with Gasteiger partial charge >= 0.3 is 0 Å². The number of sulfonamides is 1. The van der Waals surface area contributed by atoms with Crippen molar-refractivity contribution < 1.29 is 46.2 Å². The van der Waals surface area contributed by atoms with E-state index in [-0.39, 0.29) is 57.3 Å². The molecule has 26 heavy (non-hydrogen) atoms. The number of rotatable bonds is 2. The van der Waals surface area contributed by atoms with Crippen LogP contribution in [0.2, 0.25) is 0 Å². The van der Waals surface area contributed by atoms with Gasteiger partial charge in [0.1, 0.15) is 10.7 Å².